The molecule has 0 spiro atoms. The van der Waals surface area contributed by atoms with Gasteiger partial charge in [-0.15, -0.1) is 0 Å². The Balaban J connectivity index is 1.84. The Hall–Kier alpha value is -2.06. The topological polar surface area (TPSA) is 81.2 Å². The van der Waals surface area contributed by atoms with Gasteiger partial charge in [0.1, 0.15) is 23.1 Å². The van der Waals surface area contributed by atoms with Crippen LogP contribution in [0.2, 0.25) is 0 Å². The van der Waals surface area contributed by atoms with Crippen molar-refractivity contribution >= 4 is 9.84 Å². The van der Waals surface area contributed by atoms with E-state index in [1.165, 1.54) is 36.7 Å². The number of rotatable bonds is 5. The summed E-state index contributed by atoms with van der Waals surface area (Å²) in [5.41, 5.74) is 0.544. The van der Waals surface area contributed by atoms with Crippen molar-refractivity contribution in [1.29, 1.82) is 0 Å². The fourth-order valence-corrected chi connectivity index (χ4v) is 3.67. The Morgan fingerprint density at radius 3 is 2.72 bits per heavy atom. The average molecular weight is 365 g/mol. The molecule has 2 aromatic rings. The SMILES string of the molecule is CS(=O)(=O)c1cnc(COc2ccc(F)cc2)nc1C1CCCNC1. The van der Waals surface area contributed by atoms with Crippen LogP contribution in [0.5, 0.6) is 5.75 Å². The molecule has 1 saturated heterocycles. The summed E-state index contributed by atoms with van der Waals surface area (Å²) < 4.78 is 42.6. The number of benzene rings is 1. The molecule has 1 fully saturated rings. The van der Waals surface area contributed by atoms with Crippen LogP contribution in [0, 0.1) is 5.82 Å². The number of nitrogens with one attached hydrogen (secondary N) is 1. The Kier molecular flexibility index (Phi) is 5.29. The van der Waals surface area contributed by atoms with E-state index in [1.54, 1.807) is 0 Å². The smallest absolute Gasteiger partial charge is 0.178 e. The van der Waals surface area contributed by atoms with Crippen LogP contribution >= 0.6 is 0 Å². The maximum Gasteiger partial charge on any atom is 0.178 e. The molecule has 8 heteroatoms. The molecule has 2 heterocycles. The highest BCUT2D eigenvalue weighted by molar-refractivity contribution is 7.90. The van der Waals surface area contributed by atoms with Crippen LogP contribution < -0.4 is 10.1 Å². The molecule has 1 aromatic carbocycles. The Morgan fingerprint density at radius 1 is 1.32 bits per heavy atom. The van der Waals surface area contributed by atoms with Crippen molar-refractivity contribution in [2.45, 2.75) is 30.3 Å². The monoisotopic (exact) mass is 365 g/mol. The molecule has 1 atom stereocenters. The van der Waals surface area contributed by atoms with Gasteiger partial charge in [0.05, 0.1) is 5.69 Å². The largest absolute Gasteiger partial charge is 0.486 e. The minimum Gasteiger partial charge on any atom is -0.486 e. The molecular formula is C17H20FN3O3S. The zero-order valence-electron chi connectivity index (χ0n) is 13.9. The number of nitrogens with zero attached hydrogens (tertiary/aromatic N) is 2. The summed E-state index contributed by atoms with van der Waals surface area (Å²) in [5.74, 6) is 0.592. The summed E-state index contributed by atoms with van der Waals surface area (Å²) in [5, 5.41) is 3.27. The highest BCUT2D eigenvalue weighted by Crippen LogP contribution is 2.27. The number of piperidine rings is 1. The molecule has 1 aromatic heterocycles. The maximum absolute atomic E-state index is 12.9. The molecule has 6 nitrogen and oxygen atoms in total. The van der Waals surface area contributed by atoms with Gasteiger partial charge in [0.15, 0.2) is 15.7 Å². The number of hydrogen-bond donors (Lipinski definition) is 1. The molecule has 1 aliphatic heterocycles. The normalized spacial score (nSPS) is 18.1. The van der Waals surface area contributed by atoms with Crippen LogP contribution in [-0.4, -0.2) is 37.7 Å². The lowest BCUT2D eigenvalue weighted by Gasteiger charge is -2.24. The van der Waals surface area contributed by atoms with Gasteiger partial charge >= 0.3 is 0 Å². The fraction of sp³-hybridized carbons (Fsp3) is 0.412. The van der Waals surface area contributed by atoms with E-state index in [-0.39, 0.29) is 23.2 Å². The van der Waals surface area contributed by atoms with Crippen molar-refractivity contribution in [2.24, 2.45) is 0 Å². The minimum absolute atomic E-state index is 0.0334. The summed E-state index contributed by atoms with van der Waals surface area (Å²) >= 11 is 0. The van der Waals surface area contributed by atoms with E-state index in [2.05, 4.69) is 15.3 Å². The first kappa shape index (κ1) is 17.8. The van der Waals surface area contributed by atoms with Crippen molar-refractivity contribution < 1.29 is 17.5 Å². The average Bonchev–Trinajstić information content (AvgIpc) is 2.61. The summed E-state index contributed by atoms with van der Waals surface area (Å²) in [6.07, 6.45) is 4.37. The molecule has 3 rings (SSSR count). The van der Waals surface area contributed by atoms with Gasteiger partial charge in [-0.2, -0.15) is 0 Å². The van der Waals surface area contributed by atoms with E-state index < -0.39 is 9.84 Å². The molecule has 0 saturated carbocycles. The van der Waals surface area contributed by atoms with Crippen LogP contribution in [0.3, 0.4) is 0 Å². The van der Waals surface area contributed by atoms with E-state index in [9.17, 15) is 12.8 Å². The van der Waals surface area contributed by atoms with Gasteiger partial charge in [0, 0.05) is 24.9 Å². The second-order valence-electron chi connectivity index (χ2n) is 6.09. The van der Waals surface area contributed by atoms with Crippen molar-refractivity contribution in [3.05, 3.63) is 47.8 Å². The van der Waals surface area contributed by atoms with Gasteiger partial charge in [-0.1, -0.05) is 0 Å². The molecule has 0 amide bonds. The van der Waals surface area contributed by atoms with Crippen LogP contribution in [-0.2, 0) is 16.4 Å². The molecule has 0 aliphatic carbocycles. The van der Waals surface area contributed by atoms with Crippen molar-refractivity contribution in [3.63, 3.8) is 0 Å². The predicted molar refractivity (Wildman–Crippen MR) is 90.7 cm³/mol. The number of aromatic nitrogens is 2. The van der Waals surface area contributed by atoms with Gasteiger partial charge in [0.25, 0.3) is 0 Å². The minimum atomic E-state index is -3.41. The summed E-state index contributed by atoms with van der Waals surface area (Å²) in [6, 6.07) is 5.66. The van der Waals surface area contributed by atoms with Crippen molar-refractivity contribution in [3.8, 4) is 5.75 Å². The number of ether oxygens (including phenoxy) is 1. The first-order chi connectivity index (χ1) is 11.9. The Bertz CT molecular complexity index is 835. The quantitative estimate of drug-likeness (QED) is 0.874. The standard InChI is InChI=1S/C17H20FN3O3S/c1-25(22,23)15-10-20-16(11-24-14-6-4-13(18)5-7-14)21-17(15)12-3-2-8-19-9-12/h4-7,10,12,19H,2-3,8-9,11H2,1H3. The van der Waals surface area contributed by atoms with E-state index in [0.717, 1.165) is 19.4 Å². The van der Waals surface area contributed by atoms with E-state index in [4.69, 9.17) is 4.74 Å². The molecule has 1 aliphatic rings. The van der Waals surface area contributed by atoms with Gasteiger partial charge in [-0.3, -0.25) is 0 Å². The van der Waals surface area contributed by atoms with Crippen LogP contribution in [0.25, 0.3) is 0 Å². The van der Waals surface area contributed by atoms with Gasteiger partial charge in [-0.05, 0) is 43.7 Å². The van der Waals surface area contributed by atoms with Crippen molar-refractivity contribution in [2.75, 3.05) is 19.3 Å². The van der Waals surface area contributed by atoms with E-state index >= 15 is 0 Å². The molecule has 0 bridgehead atoms. The van der Waals surface area contributed by atoms with E-state index in [1.807, 2.05) is 0 Å². The van der Waals surface area contributed by atoms with Crippen LogP contribution in [0.4, 0.5) is 4.39 Å². The third kappa shape index (κ3) is 4.52. The summed E-state index contributed by atoms with van der Waals surface area (Å²) in [7, 11) is -3.41. The first-order valence-corrected chi connectivity index (χ1v) is 9.97. The number of sulfone groups is 1. The lowest BCUT2D eigenvalue weighted by atomic mass is 9.96. The molecule has 134 valence electrons. The number of halogens is 1. The zero-order valence-corrected chi connectivity index (χ0v) is 14.7. The third-order valence-corrected chi connectivity index (χ3v) is 5.21. The zero-order chi connectivity index (χ0) is 17.9. The Labute approximate surface area is 146 Å². The molecule has 25 heavy (non-hydrogen) atoms. The highest BCUT2D eigenvalue weighted by Gasteiger charge is 2.25. The molecule has 0 radical (unpaired) electrons. The summed E-state index contributed by atoms with van der Waals surface area (Å²) in [6.45, 7) is 1.71. The second kappa shape index (κ2) is 7.45. The predicted octanol–water partition coefficient (Wildman–Crippen LogP) is 2.07. The van der Waals surface area contributed by atoms with Crippen LogP contribution in [0.15, 0.2) is 35.4 Å². The number of hydrogen-bond acceptors (Lipinski definition) is 6. The third-order valence-electron chi connectivity index (χ3n) is 4.10. The molecule has 1 unspecified atom stereocenters. The van der Waals surface area contributed by atoms with Gasteiger partial charge in [0.2, 0.25) is 0 Å². The van der Waals surface area contributed by atoms with Crippen molar-refractivity contribution in [1.82, 2.24) is 15.3 Å². The Morgan fingerprint density at radius 2 is 2.08 bits per heavy atom. The lowest BCUT2D eigenvalue weighted by molar-refractivity contribution is 0.293. The summed E-state index contributed by atoms with van der Waals surface area (Å²) in [4.78, 5) is 8.76. The van der Waals surface area contributed by atoms with Gasteiger partial charge in [-0.25, -0.2) is 22.8 Å². The second-order valence-corrected chi connectivity index (χ2v) is 8.08. The fourth-order valence-electron chi connectivity index (χ4n) is 2.83. The first-order valence-electron chi connectivity index (χ1n) is 8.08. The van der Waals surface area contributed by atoms with Gasteiger partial charge < -0.3 is 10.1 Å². The molecule has 1 N–H and O–H groups in total. The lowest BCUT2D eigenvalue weighted by Crippen LogP contribution is -2.30. The van der Waals surface area contributed by atoms with E-state index in [0.29, 0.717) is 23.8 Å². The molecular weight excluding hydrogens is 345 g/mol. The van der Waals surface area contributed by atoms with Crippen LogP contribution in [0.1, 0.15) is 30.3 Å². The maximum atomic E-state index is 12.9. The highest BCUT2D eigenvalue weighted by atomic mass is 32.2.